The number of aromatic nitrogens is 1. The maximum absolute atomic E-state index is 13.7. The zero-order chi connectivity index (χ0) is 15.0. The van der Waals surface area contributed by atoms with Crippen LogP contribution in [0.1, 0.15) is 23.3 Å². The predicted molar refractivity (Wildman–Crippen MR) is 83.8 cm³/mol. The summed E-state index contributed by atoms with van der Waals surface area (Å²) in [4.78, 5) is 12.4. The summed E-state index contributed by atoms with van der Waals surface area (Å²) in [5.41, 5.74) is 0.874. The van der Waals surface area contributed by atoms with Crippen LogP contribution in [0.15, 0.2) is 36.4 Å². The van der Waals surface area contributed by atoms with E-state index in [1.165, 1.54) is 11.5 Å². The van der Waals surface area contributed by atoms with Gasteiger partial charge < -0.3 is 5.32 Å². The van der Waals surface area contributed by atoms with Crippen LogP contribution in [0.2, 0.25) is 0 Å². The van der Waals surface area contributed by atoms with E-state index in [1.54, 1.807) is 0 Å². The molecule has 3 rings (SSSR count). The van der Waals surface area contributed by atoms with Gasteiger partial charge in [-0.25, -0.2) is 4.39 Å². The van der Waals surface area contributed by atoms with Crippen LogP contribution in [0.5, 0.6) is 0 Å². The van der Waals surface area contributed by atoms with Crippen LogP contribution in [0.3, 0.4) is 0 Å². The Morgan fingerprint density at radius 3 is 3.05 bits per heavy atom. The fraction of sp³-hybridized carbons (Fsp3) is 0.333. The fourth-order valence-electron chi connectivity index (χ4n) is 2.49. The molecule has 1 saturated carbocycles. The van der Waals surface area contributed by atoms with Crippen molar-refractivity contribution in [3.05, 3.63) is 42.1 Å². The van der Waals surface area contributed by atoms with Crippen LogP contribution in [0, 0.1) is 0 Å². The summed E-state index contributed by atoms with van der Waals surface area (Å²) in [6.45, 7) is 3.67. The number of allylic oxidation sites excluding steroid dienone is 1. The van der Waals surface area contributed by atoms with E-state index < -0.39 is 12.2 Å². The van der Waals surface area contributed by atoms with Crippen molar-refractivity contribution in [3.63, 3.8) is 0 Å². The van der Waals surface area contributed by atoms with Gasteiger partial charge >= 0.3 is 0 Å². The zero-order valence-electron chi connectivity index (χ0n) is 11.2. The Morgan fingerprint density at radius 2 is 2.24 bits per heavy atom. The number of hydrogen-bond donors (Lipinski definition) is 1. The van der Waals surface area contributed by atoms with E-state index in [2.05, 4.69) is 16.3 Å². The highest BCUT2D eigenvalue weighted by atomic mass is 35.5. The van der Waals surface area contributed by atoms with Crippen molar-refractivity contribution in [2.24, 2.45) is 0 Å². The minimum Gasteiger partial charge on any atom is -0.346 e. The van der Waals surface area contributed by atoms with Gasteiger partial charge in [-0.1, -0.05) is 24.8 Å². The Bertz CT molecular complexity index is 702. The van der Waals surface area contributed by atoms with Crippen LogP contribution in [0.4, 0.5) is 4.39 Å². The minimum atomic E-state index is -1.11. The normalized spacial score (nSPS) is 26.0. The second-order valence-electron chi connectivity index (χ2n) is 5.19. The summed E-state index contributed by atoms with van der Waals surface area (Å²) < 4.78 is 18.9. The number of rotatable bonds is 2. The van der Waals surface area contributed by atoms with Crippen LogP contribution in [-0.4, -0.2) is 27.9 Å². The van der Waals surface area contributed by atoms with E-state index in [-0.39, 0.29) is 17.7 Å². The summed E-state index contributed by atoms with van der Waals surface area (Å²) in [7, 11) is 0. The molecule has 1 heterocycles. The van der Waals surface area contributed by atoms with E-state index in [4.69, 9.17) is 11.6 Å². The molecule has 1 N–H and O–H groups in total. The first kappa shape index (κ1) is 14.5. The Labute approximate surface area is 131 Å². The van der Waals surface area contributed by atoms with Crippen molar-refractivity contribution in [1.82, 2.24) is 9.69 Å². The quantitative estimate of drug-likeness (QED) is 0.676. The summed E-state index contributed by atoms with van der Waals surface area (Å²) >= 11 is 7.48. The van der Waals surface area contributed by atoms with Gasteiger partial charge in [0.25, 0.3) is 5.91 Å². The van der Waals surface area contributed by atoms with Crippen molar-refractivity contribution < 1.29 is 9.18 Å². The van der Waals surface area contributed by atoms with E-state index in [9.17, 15) is 9.18 Å². The van der Waals surface area contributed by atoms with Gasteiger partial charge in [-0.2, -0.15) is 4.37 Å². The molecule has 6 heteroatoms. The van der Waals surface area contributed by atoms with Gasteiger partial charge in [0, 0.05) is 17.8 Å². The minimum absolute atomic E-state index is 0.167. The summed E-state index contributed by atoms with van der Waals surface area (Å²) in [5.74, 6) is -0.303. The first-order valence-electron chi connectivity index (χ1n) is 6.67. The van der Waals surface area contributed by atoms with Gasteiger partial charge in [0.05, 0.1) is 10.1 Å². The number of amides is 1. The first-order valence-corrected chi connectivity index (χ1v) is 7.88. The summed E-state index contributed by atoms with van der Waals surface area (Å²) in [5, 5.41) is 3.28. The molecular weight excluding hydrogens is 311 g/mol. The molecule has 0 bridgehead atoms. The lowest BCUT2D eigenvalue weighted by Gasteiger charge is -2.31. The Hall–Kier alpha value is -1.46. The lowest BCUT2D eigenvalue weighted by molar-refractivity contribution is 0.0921. The largest absolute Gasteiger partial charge is 0.346 e. The third kappa shape index (κ3) is 2.80. The highest BCUT2D eigenvalue weighted by Crippen LogP contribution is 2.30. The SMILES string of the molecule is C=C1CC(Cl)C(NC(=O)c2nsc3ccccc23)CC1F. The lowest BCUT2D eigenvalue weighted by atomic mass is 9.89. The number of nitrogens with one attached hydrogen (secondary N) is 1. The van der Waals surface area contributed by atoms with Crippen molar-refractivity contribution >= 4 is 39.1 Å². The predicted octanol–water partition coefficient (Wildman–Crippen LogP) is 3.69. The molecule has 1 aliphatic carbocycles. The molecule has 0 spiro atoms. The molecule has 2 aromatic rings. The number of benzene rings is 1. The molecule has 0 saturated heterocycles. The van der Waals surface area contributed by atoms with Gasteiger partial charge in [-0.3, -0.25) is 4.79 Å². The number of alkyl halides is 2. The third-order valence-electron chi connectivity index (χ3n) is 3.71. The number of carbonyl (C=O) groups excluding carboxylic acids is 1. The van der Waals surface area contributed by atoms with E-state index >= 15 is 0 Å². The zero-order valence-corrected chi connectivity index (χ0v) is 12.8. The van der Waals surface area contributed by atoms with Crippen molar-refractivity contribution in [2.75, 3.05) is 0 Å². The maximum Gasteiger partial charge on any atom is 0.271 e. The smallest absolute Gasteiger partial charge is 0.271 e. The maximum atomic E-state index is 13.7. The van der Waals surface area contributed by atoms with Gasteiger partial charge in [-0.15, -0.1) is 11.6 Å². The highest BCUT2D eigenvalue weighted by molar-refractivity contribution is 7.13. The van der Waals surface area contributed by atoms with Gasteiger partial charge in [0.1, 0.15) is 11.9 Å². The average molecular weight is 325 g/mol. The molecule has 110 valence electrons. The molecule has 21 heavy (non-hydrogen) atoms. The fourth-order valence-corrected chi connectivity index (χ4v) is 3.63. The Balaban J connectivity index is 1.78. The summed E-state index contributed by atoms with van der Waals surface area (Å²) in [6, 6.07) is 7.13. The average Bonchev–Trinajstić information content (AvgIpc) is 2.88. The van der Waals surface area contributed by atoms with Crippen molar-refractivity contribution in [3.8, 4) is 0 Å². The molecule has 3 unspecified atom stereocenters. The Morgan fingerprint density at radius 1 is 1.48 bits per heavy atom. The van der Waals surface area contributed by atoms with Crippen LogP contribution in [-0.2, 0) is 0 Å². The standard InChI is InChI=1S/C15H14ClFN2OS/c1-8-6-10(16)12(7-11(8)17)18-15(20)14-9-4-2-3-5-13(9)21-19-14/h2-5,10-12H,1,6-7H2,(H,18,20). The third-order valence-corrected chi connectivity index (χ3v) is 4.99. The molecule has 1 fully saturated rings. The highest BCUT2D eigenvalue weighted by Gasteiger charge is 2.33. The number of hydrogen-bond acceptors (Lipinski definition) is 3. The van der Waals surface area contributed by atoms with Crippen LogP contribution >= 0.6 is 23.1 Å². The van der Waals surface area contributed by atoms with Gasteiger partial charge in [0.2, 0.25) is 0 Å². The molecule has 1 aliphatic rings. The monoisotopic (exact) mass is 324 g/mol. The van der Waals surface area contributed by atoms with Crippen molar-refractivity contribution in [2.45, 2.75) is 30.4 Å². The second-order valence-corrected chi connectivity index (χ2v) is 6.55. The number of nitrogens with zero attached hydrogens (tertiary/aromatic N) is 1. The van der Waals surface area contributed by atoms with E-state index in [0.717, 1.165) is 10.1 Å². The first-order chi connectivity index (χ1) is 10.1. The number of fused-ring (bicyclic) bond motifs is 1. The topological polar surface area (TPSA) is 42.0 Å². The molecule has 0 aliphatic heterocycles. The molecule has 3 nitrogen and oxygen atoms in total. The molecule has 1 aromatic carbocycles. The van der Waals surface area contributed by atoms with Gasteiger partial charge in [0.15, 0.2) is 0 Å². The lowest BCUT2D eigenvalue weighted by Crippen LogP contribution is -2.46. The Kier molecular flexibility index (Phi) is 3.95. The van der Waals surface area contributed by atoms with E-state index in [1.807, 2.05) is 24.3 Å². The number of halogens is 2. The van der Waals surface area contributed by atoms with E-state index in [0.29, 0.717) is 17.7 Å². The molecule has 1 aromatic heterocycles. The van der Waals surface area contributed by atoms with Crippen LogP contribution < -0.4 is 5.32 Å². The van der Waals surface area contributed by atoms with Crippen LogP contribution in [0.25, 0.3) is 10.1 Å². The van der Waals surface area contributed by atoms with Crippen molar-refractivity contribution in [1.29, 1.82) is 0 Å². The molecule has 3 atom stereocenters. The summed E-state index contributed by atoms with van der Waals surface area (Å²) in [6.07, 6.45) is -0.566. The molecule has 0 radical (unpaired) electrons. The second kappa shape index (κ2) is 5.73. The molecule has 1 amide bonds. The van der Waals surface area contributed by atoms with Gasteiger partial charge in [-0.05, 0) is 29.6 Å². The molecular formula is C15H14ClFN2OS. The number of carbonyl (C=O) groups is 1.